The molecule has 3 nitrogen and oxygen atoms in total. The largest absolute Gasteiger partial charge is 0.288 e. The van der Waals surface area contributed by atoms with E-state index in [0.29, 0.717) is 11.1 Å². The van der Waals surface area contributed by atoms with E-state index < -0.39 is 0 Å². The standard InChI is InChI=1S/C9H7NO2.2ClH/c1-5-2-3-6-7(4-5)9(12)10-8(6)11;;/h2-4H,1H3,(H,10,11,12);2*1H. The molecular weight excluding hydrogens is 225 g/mol. The first kappa shape index (κ1) is 12.9. The Labute approximate surface area is 93.7 Å². The van der Waals surface area contributed by atoms with E-state index in [2.05, 4.69) is 5.32 Å². The highest BCUT2D eigenvalue weighted by molar-refractivity contribution is 6.21. The van der Waals surface area contributed by atoms with Gasteiger partial charge in [-0.2, -0.15) is 0 Å². The molecule has 5 heteroatoms. The molecule has 0 aromatic heterocycles. The minimum absolute atomic E-state index is 0. The van der Waals surface area contributed by atoms with Crippen LogP contribution in [0.2, 0.25) is 0 Å². The molecule has 0 saturated carbocycles. The van der Waals surface area contributed by atoms with Gasteiger partial charge in [0.1, 0.15) is 0 Å². The van der Waals surface area contributed by atoms with Crippen molar-refractivity contribution < 1.29 is 9.59 Å². The predicted octanol–water partition coefficient (Wildman–Crippen LogP) is 1.72. The Morgan fingerprint density at radius 2 is 1.57 bits per heavy atom. The number of aryl methyl sites for hydroxylation is 1. The molecule has 1 aliphatic rings. The van der Waals surface area contributed by atoms with Crippen molar-refractivity contribution in [1.29, 1.82) is 0 Å². The van der Waals surface area contributed by atoms with E-state index in [4.69, 9.17) is 0 Å². The Bertz CT molecular complexity index is 390. The van der Waals surface area contributed by atoms with E-state index >= 15 is 0 Å². The van der Waals surface area contributed by atoms with Gasteiger partial charge in [-0.15, -0.1) is 24.8 Å². The Balaban J connectivity index is 0.000000845. The average molecular weight is 234 g/mol. The number of hydrogen-bond donors (Lipinski definition) is 1. The fourth-order valence-electron chi connectivity index (χ4n) is 1.28. The van der Waals surface area contributed by atoms with Crippen LogP contribution in [0.1, 0.15) is 26.3 Å². The van der Waals surface area contributed by atoms with Gasteiger partial charge >= 0.3 is 0 Å². The van der Waals surface area contributed by atoms with Crippen LogP contribution in [0.5, 0.6) is 0 Å². The number of nitrogens with one attached hydrogen (secondary N) is 1. The maximum absolute atomic E-state index is 11.1. The van der Waals surface area contributed by atoms with Gasteiger partial charge in [-0.1, -0.05) is 11.6 Å². The van der Waals surface area contributed by atoms with E-state index in [1.54, 1.807) is 12.1 Å². The van der Waals surface area contributed by atoms with Crippen LogP contribution in [-0.2, 0) is 0 Å². The van der Waals surface area contributed by atoms with Gasteiger partial charge in [0.2, 0.25) is 0 Å². The molecule has 14 heavy (non-hydrogen) atoms. The molecule has 0 spiro atoms. The second-order valence-electron chi connectivity index (χ2n) is 2.83. The van der Waals surface area contributed by atoms with Crippen molar-refractivity contribution in [1.82, 2.24) is 5.32 Å². The summed E-state index contributed by atoms with van der Waals surface area (Å²) in [6.07, 6.45) is 0. The lowest BCUT2D eigenvalue weighted by Gasteiger charge is -1.94. The van der Waals surface area contributed by atoms with Gasteiger partial charge in [-0.3, -0.25) is 14.9 Å². The first-order valence-corrected chi connectivity index (χ1v) is 3.65. The normalized spacial score (nSPS) is 12.4. The highest BCUT2D eigenvalue weighted by Gasteiger charge is 2.25. The molecule has 76 valence electrons. The van der Waals surface area contributed by atoms with Gasteiger partial charge in [0.15, 0.2) is 0 Å². The van der Waals surface area contributed by atoms with Gasteiger partial charge in [-0.05, 0) is 19.1 Å². The quantitative estimate of drug-likeness (QED) is 0.694. The number of benzene rings is 1. The molecule has 1 aromatic carbocycles. The Morgan fingerprint density at radius 1 is 1.00 bits per heavy atom. The summed E-state index contributed by atoms with van der Waals surface area (Å²) in [5, 5.41) is 2.23. The summed E-state index contributed by atoms with van der Waals surface area (Å²) in [5.41, 5.74) is 1.95. The minimum Gasteiger partial charge on any atom is -0.288 e. The van der Waals surface area contributed by atoms with Gasteiger partial charge in [0.05, 0.1) is 11.1 Å². The summed E-state index contributed by atoms with van der Waals surface area (Å²) in [6.45, 7) is 1.89. The number of carbonyl (C=O) groups excluding carboxylic acids is 2. The maximum atomic E-state index is 11.1. The number of fused-ring (bicyclic) bond motifs is 1. The maximum Gasteiger partial charge on any atom is 0.258 e. The summed E-state index contributed by atoms with van der Waals surface area (Å²) in [6, 6.07) is 5.21. The smallest absolute Gasteiger partial charge is 0.258 e. The lowest BCUT2D eigenvalue weighted by Crippen LogP contribution is -2.19. The third-order valence-corrected chi connectivity index (χ3v) is 1.89. The number of amides is 2. The van der Waals surface area contributed by atoms with Crippen LogP contribution >= 0.6 is 24.8 Å². The second kappa shape index (κ2) is 4.44. The molecule has 1 aromatic rings. The molecular formula is C9H9Cl2NO2. The minimum atomic E-state index is -0.296. The molecule has 1 N–H and O–H groups in total. The van der Waals surface area contributed by atoms with Crippen molar-refractivity contribution in [2.24, 2.45) is 0 Å². The molecule has 2 rings (SSSR count). The fraction of sp³-hybridized carbons (Fsp3) is 0.111. The van der Waals surface area contributed by atoms with E-state index in [0.717, 1.165) is 5.56 Å². The third-order valence-electron chi connectivity index (χ3n) is 1.89. The number of hydrogen-bond acceptors (Lipinski definition) is 2. The van der Waals surface area contributed by atoms with Crippen molar-refractivity contribution in [3.8, 4) is 0 Å². The number of rotatable bonds is 0. The zero-order chi connectivity index (χ0) is 8.72. The van der Waals surface area contributed by atoms with E-state index in [9.17, 15) is 9.59 Å². The molecule has 0 radical (unpaired) electrons. The van der Waals surface area contributed by atoms with Crippen LogP contribution in [0.3, 0.4) is 0 Å². The van der Waals surface area contributed by atoms with E-state index in [1.807, 2.05) is 13.0 Å². The number of halogens is 2. The van der Waals surface area contributed by atoms with Gasteiger partial charge in [0, 0.05) is 0 Å². The Hall–Kier alpha value is -1.06. The highest BCUT2D eigenvalue weighted by atomic mass is 35.5. The lowest BCUT2D eigenvalue weighted by molar-refractivity contribution is 0.0879. The summed E-state index contributed by atoms with van der Waals surface area (Å²) >= 11 is 0. The van der Waals surface area contributed by atoms with Crippen LogP contribution in [0.25, 0.3) is 0 Å². The van der Waals surface area contributed by atoms with Crippen LogP contribution in [-0.4, -0.2) is 11.8 Å². The second-order valence-corrected chi connectivity index (χ2v) is 2.83. The monoisotopic (exact) mass is 233 g/mol. The number of imide groups is 1. The molecule has 0 atom stereocenters. The molecule has 1 heterocycles. The van der Waals surface area contributed by atoms with Crippen LogP contribution < -0.4 is 5.32 Å². The van der Waals surface area contributed by atoms with Crippen LogP contribution in [0.15, 0.2) is 18.2 Å². The molecule has 2 amide bonds. The topological polar surface area (TPSA) is 46.2 Å². The van der Waals surface area contributed by atoms with Crippen molar-refractivity contribution in [3.63, 3.8) is 0 Å². The molecule has 0 unspecified atom stereocenters. The van der Waals surface area contributed by atoms with E-state index in [-0.39, 0.29) is 36.6 Å². The van der Waals surface area contributed by atoms with Gasteiger partial charge < -0.3 is 0 Å². The zero-order valence-electron chi connectivity index (χ0n) is 7.37. The highest BCUT2D eigenvalue weighted by Crippen LogP contribution is 2.16. The zero-order valence-corrected chi connectivity index (χ0v) is 9.00. The molecule has 1 aliphatic heterocycles. The Kier molecular flexibility index (Phi) is 4.10. The predicted molar refractivity (Wildman–Crippen MR) is 57.5 cm³/mol. The van der Waals surface area contributed by atoms with Crippen LogP contribution in [0.4, 0.5) is 0 Å². The van der Waals surface area contributed by atoms with Crippen molar-refractivity contribution in [2.45, 2.75) is 6.92 Å². The Morgan fingerprint density at radius 3 is 2.21 bits per heavy atom. The number of carbonyl (C=O) groups is 2. The average Bonchev–Trinajstić information content (AvgIpc) is 2.28. The molecule has 0 saturated heterocycles. The first-order chi connectivity index (χ1) is 5.68. The summed E-state index contributed by atoms with van der Waals surface area (Å²) < 4.78 is 0. The van der Waals surface area contributed by atoms with Gasteiger partial charge in [-0.25, -0.2) is 0 Å². The molecule has 0 aliphatic carbocycles. The lowest BCUT2D eigenvalue weighted by atomic mass is 10.1. The third kappa shape index (κ3) is 1.89. The summed E-state index contributed by atoms with van der Waals surface area (Å²) in [7, 11) is 0. The van der Waals surface area contributed by atoms with Crippen molar-refractivity contribution in [3.05, 3.63) is 34.9 Å². The first-order valence-electron chi connectivity index (χ1n) is 3.65. The van der Waals surface area contributed by atoms with Gasteiger partial charge in [0.25, 0.3) is 11.8 Å². The molecule has 0 fully saturated rings. The summed E-state index contributed by atoms with van der Waals surface area (Å²) in [4.78, 5) is 22.2. The van der Waals surface area contributed by atoms with Crippen LogP contribution in [0, 0.1) is 6.92 Å². The SMILES string of the molecule is Cc1ccc2c(c1)C(=O)NC2=O.Cl.Cl. The molecule has 0 bridgehead atoms. The van der Waals surface area contributed by atoms with Crippen molar-refractivity contribution >= 4 is 36.6 Å². The fourth-order valence-corrected chi connectivity index (χ4v) is 1.28. The van der Waals surface area contributed by atoms with Crippen molar-refractivity contribution in [2.75, 3.05) is 0 Å². The van der Waals surface area contributed by atoms with E-state index in [1.165, 1.54) is 0 Å². The summed E-state index contributed by atoms with van der Waals surface area (Å²) in [5.74, 6) is -0.589.